The van der Waals surface area contributed by atoms with E-state index >= 15 is 0 Å². The van der Waals surface area contributed by atoms with Gasteiger partial charge in [0.2, 0.25) is 5.60 Å². The Bertz CT molecular complexity index is 444. The minimum Gasteiger partial charge on any atom is -0.478 e. The van der Waals surface area contributed by atoms with Crippen LogP contribution >= 0.6 is 0 Å². The van der Waals surface area contributed by atoms with Crippen molar-refractivity contribution in [1.29, 1.82) is 0 Å². The first-order chi connectivity index (χ1) is 11.6. The van der Waals surface area contributed by atoms with Crippen molar-refractivity contribution in [3.8, 4) is 5.75 Å². The number of hydrogen-bond acceptors (Lipinski definition) is 2. The highest BCUT2D eigenvalue weighted by Gasteiger charge is 2.34. The summed E-state index contributed by atoms with van der Waals surface area (Å²) in [6.07, 6.45) is 13.0. The fourth-order valence-corrected chi connectivity index (χ4v) is 2.90. The van der Waals surface area contributed by atoms with E-state index in [0.29, 0.717) is 12.2 Å². The van der Waals surface area contributed by atoms with Gasteiger partial charge in [-0.25, -0.2) is 4.79 Å². The van der Waals surface area contributed by atoms with Gasteiger partial charge in [-0.1, -0.05) is 82.9 Å². The number of carboxylic acid groups (broad SMARTS) is 1. The predicted octanol–water partition coefficient (Wildman–Crippen LogP) is 6.22. The molecule has 3 heteroatoms. The molecule has 1 unspecified atom stereocenters. The van der Waals surface area contributed by atoms with Gasteiger partial charge in [-0.2, -0.15) is 0 Å². The van der Waals surface area contributed by atoms with E-state index in [9.17, 15) is 9.90 Å². The maximum absolute atomic E-state index is 11.6. The first-order valence-corrected chi connectivity index (χ1v) is 9.56. The van der Waals surface area contributed by atoms with E-state index in [0.717, 1.165) is 12.8 Å². The quantitative estimate of drug-likeness (QED) is 0.411. The molecule has 0 aliphatic carbocycles. The molecule has 1 rings (SSSR count). The Morgan fingerprint density at radius 1 is 0.917 bits per heavy atom. The van der Waals surface area contributed by atoms with Crippen LogP contribution in [0.3, 0.4) is 0 Å². The van der Waals surface area contributed by atoms with Crippen LogP contribution in [0.4, 0.5) is 0 Å². The minimum atomic E-state index is -1.14. The Kier molecular flexibility index (Phi) is 10.2. The fraction of sp³-hybridized carbons (Fsp3) is 0.667. The zero-order valence-corrected chi connectivity index (χ0v) is 15.4. The second-order valence-electron chi connectivity index (χ2n) is 6.88. The van der Waals surface area contributed by atoms with Crippen LogP contribution in [-0.2, 0) is 4.79 Å². The molecule has 0 aliphatic heterocycles. The Labute approximate surface area is 147 Å². The van der Waals surface area contributed by atoms with Gasteiger partial charge in [-0.3, -0.25) is 0 Å². The molecule has 0 radical (unpaired) electrons. The molecule has 0 spiro atoms. The monoisotopic (exact) mass is 334 g/mol. The van der Waals surface area contributed by atoms with E-state index in [2.05, 4.69) is 6.92 Å². The van der Waals surface area contributed by atoms with Gasteiger partial charge >= 0.3 is 5.97 Å². The second-order valence-corrected chi connectivity index (χ2v) is 6.88. The van der Waals surface area contributed by atoms with Gasteiger partial charge < -0.3 is 9.84 Å². The minimum absolute atomic E-state index is 0.549. The van der Waals surface area contributed by atoms with Crippen LogP contribution in [0.25, 0.3) is 0 Å². The van der Waals surface area contributed by atoms with Crippen molar-refractivity contribution >= 4 is 5.97 Å². The van der Waals surface area contributed by atoms with Crippen LogP contribution in [0, 0.1) is 0 Å². The normalized spacial score (nSPS) is 13.4. The Balaban J connectivity index is 2.19. The predicted molar refractivity (Wildman–Crippen MR) is 99.6 cm³/mol. The molecular formula is C21H34O3. The summed E-state index contributed by atoms with van der Waals surface area (Å²) < 4.78 is 5.75. The van der Waals surface area contributed by atoms with Crippen LogP contribution in [0.5, 0.6) is 5.75 Å². The molecular weight excluding hydrogens is 300 g/mol. The summed E-state index contributed by atoms with van der Waals surface area (Å²) in [6, 6.07) is 9.23. The van der Waals surface area contributed by atoms with Crippen LogP contribution in [0.1, 0.15) is 84.5 Å². The summed E-state index contributed by atoms with van der Waals surface area (Å²) in [7, 11) is 0. The van der Waals surface area contributed by atoms with Crippen LogP contribution in [0.15, 0.2) is 30.3 Å². The maximum atomic E-state index is 11.6. The highest BCUT2D eigenvalue weighted by molar-refractivity contribution is 5.77. The second kappa shape index (κ2) is 11.9. The standard InChI is InChI=1S/C21H34O3/c1-3-4-5-6-7-8-9-10-11-15-18-21(2,20(22)23)24-19-16-13-12-14-17-19/h12-14,16-17H,3-11,15,18H2,1-2H3,(H,22,23). The molecule has 1 atom stereocenters. The van der Waals surface area contributed by atoms with Gasteiger partial charge in [0.15, 0.2) is 0 Å². The molecule has 0 amide bonds. The highest BCUT2D eigenvalue weighted by Crippen LogP contribution is 2.24. The van der Waals surface area contributed by atoms with Crippen molar-refractivity contribution in [3.05, 3.63) is 30.3 Å². The van der Waals surface area contributed by atoms with Gasteiger partial charge in [-0.15, -0.1) is 0 Å². The molecule has 0 aromatic heterocycles. The lowest BCUT2D eigenvalue weighted by atomic mass is 9.97. The lowest BCUT2D eigenvalue weighted by Gasteiger charge is -2.26. The van der Waals surface area contributed by atoms with Crippen LogP contribution < -0.4 is 4.74 Å². The third kappa shape index (κ3) is 8.37. The lowest BCUT2D eigenvalue weighted by Crippen LogP contribution is -2.41. The lowest BCUT2D eigenvalue weighted by molar-refractivity contribution is -0.154. The van der Waals surface area contributed by atoms with Gasteiger partial charge in [0.25, 0.3) is 0 Å². The summed E-state index contributed by atoms with van der Waals surface area (Å²) in [5, 5.41) is 9.51. The molecule has 1 aromatic rings. The average molecular weight is 334 g/mol. The molecule has 24 heavy (non-hydrogen) atoms. The first-order valence-electron chi connectivity index (χ1n) is 9.56. The summed E-state index contributed by atoms with van der Waals surface area (Å²) in [5.74, 6) is -0.267. The van der Waals surface area contributed by atoms with E-state index in [1.807, 2.05) is 18.2 Å². The van der Waals surface area contributed by atoms with Crippen LogP contribution in [-0.4, -0.2) is 16.7 Å². The number of aliphatic carboxylic acids is 1. The van der Waals surface area contributed by atoms with Crippen molar-refractivity contribution in [2.45, 2.75) is 90.1 Å². The van der Waals surface area contributed by atoms with Crippen molar-refractivity contribution in [2.75, 3.05) is 0 Å². The maximum Gasteiger partial charge on any atom is 0.347 e. The topological polar surface area (TPSA) is 46.5 Å². The summed E-state index contributed by atoms with van der Waals surface area (Å²) >= 11 is 0. The van der Waals surface area contributed by atoms with E-state index in [1.54, 1.807) is 19.1 Å². The molecule has 0 aliphatic rings. The number of carbonyl (C=O) groups is 1. The third-order valence-electron chi connectivity index (χ3n) is 4.55. The van der Waals surface area contributed by atoms with Crippen molar-refractivity contribution in [2.24, 2.45) is 0 Å². The zero-order chi connectivity index (χ0) is 17.7. The average Bonchev–Trinajstić information content (AvgIpc) is 2.57. The molecule has 0 saturated heterocycles. The van der Waals surface area contributed by atoms with Gasteiger partial charge in [0.1, 0.15) is 5.75 Å². The SMILES string of the molecule is CCCCCCCCCCCCC(C)(Oc1ccccc1)C(=O)O. The number of hydrogen-bond donors (Lipinski definition) is 1. The number of ether oxygens (including phenoxy) is 1. The number of para-hydroxylation sites is 1. The molecule has 0 fully saturated rings. The zero-order valence-electron chi connectivity index (χ0n) is 15.4. The van der Waals surface area contributed by atoms with E-state index < -0.39 is 11.6 Å². The molecule has 1 N–H and O–H groups in total. The Morgan fingerprint density at radius 3 is 1.92 bits per heavy atom. The molecule has 0 saturated carbocycles. The van der Waals surface area contributed by atoms with E-state index in [1.165, 1.54) is 51.4 Å². The number of rotatable bonds is 14. The highest BCUT2D eigenvalue weighted by atomic mass is 16.5. The van der Waals surface area contributed by atoms with Gasteiger partial charge in [-0.05, 0) is 31.9 Å². The largest absolute Gasteiger partial charge is 0.478 e. The van der Waals surface area contributed by atoms with Crippen molar-refractivity contribution < 1.29 is 14.6 Å². The first kappa shape index (κ1) is 20.5. The molecule has 0 heterocycles. The molecule has 3 nitrogen and oxygen atoms in total. The molecule has 1 aromatic carbocycles. The number of benzene rings is 1. The molecule has 0 bridgehead atoms. The summed E-state index contributed by atoms with van der Waals surface area (Å²) in [5.41, 5.74) is -1.14. The smallest absolute Gasteiger partial charge is 0.347 e. The Morgan fingerprint density at radius 2 is 1.42 bits per heavy atom. The van der Waals surface area contributed by atoms with Crippen molar-refractivity contribution in [3.63, 3.8) is 0 Å². The summed E-state index contributed by atoms with van der Waals surface area (Å²) in [4.78, 5) is 11.6. The summed E-state index contributed by atoms with van der Waals surface area (Å²) in [6.45, 7) is 3.92. The third-order valence-corrected chi connectivity index (χ3v) is 4.55. The number of carboxylic acids is 1. The fourth-order valence-electron chi connectivity index (χ4n) is 2.90. The van der Waals surface area contributed by atoms with E-state index in [-0.39, 0.29) is 0 Å². The van der Waals surface area contributed by atoms with Gasteiger partial charge in [0.05, 0.1) is 0 Å². The van der Waals surface area contributed by atoms with Crippen LogP contribution in [0.2, 0.25) is 0 Å². The molecule has 136 valence electrons. The Hall–Kier alpha value is -1.51. The van der Waals surface area contributed by atoms with Crippen molar-refractivity contribution in [1.82, 2.24) is 0 Å². The van der Waals surface area contributed by atoms with Gasteiger partial charge in [0, 0.05) is 0 Å². The number of unbranched alkanes of at least 4 members (excludes halogenated alkanes) is 9. The van der Waals surface area contributed by atoms with E-state index in [4.69, 9.17) is 4.74 Å².